The molecule has 1 aromatic rings. The third-order valence-electron chi connectivity index (χ3n) is 3.62. The van der Waals surface area contributed by atoms with E-state index in [-0.39, 0.29) is 11.4 Å². The largest absolute Gasteiger partial charge is 0.363 e. The van der Waals surface area contributed by atoms with Crippen LogP contribution in [0, 0.1) is 31.6 Å². The molecule has 9 heteroatoms. The van der Waals surface area contributed by atoms with Crippen LogP contribution < -0.4 is 4.90 Å². The zero-order chi connectivity index (χ0) is 16.1. The third kappa shape index (κ3) is 3.48. The number of rotatable bonds is 5. The Morgan fingerprint density at radius 3 is 2.36 bits per heavy atom. The molecule has 1 saturated heterocycles. The van der Waals surface area contributed by atoms with Gasteiger partial charge in [-0.1, -0.05) is 0 Å². The van der Waals surface area contributed by atoms with Crippen molar-refractivity contribution in [1.29, 1.82) is 5.26 Å². The highest BCUT2D eigenvalue weighted by Crippen LogP contribution is 2.32. The number of hydrogen-bond acceptors (Lipinski definition) is 7. The second-order valence-electron chi connectivity index (χ2n) is 4.92. The molecule has 0 aliphatic carbocycles. The Bertz CT molecular complexity index is 619. The summed E-state index contributed by atoms with van der Waals surface area (Å²) >= 11 is 0. The maximum absolute atomic E-state index is 11.2. The van der Waals surface area contributed by atoms with Crippen molar-refractivity contribution in [3.8, 4) is 6.07 Å². The summed E-state index contributed by atoms with van der Waals surface area (Å²) in [6.07, 6.45) is 0.456. The van der Waals surface area contributed by atoms with Crippen LogP contribution in [0.2, 0.25) is 0 Å². The lowest BCUT2D eigenvalue weighted by atomic mass is 10.2. The average molecular weight is 305 g/mol. The van der Waals surface area contributed by atoms with E-state index in [9.17, 15) is 20.2 Å². The third-order valence-corrected chi connectivity index (χ3v) is 3.62. The summed E-state index contributed by atoms with van der Waals surface area (Å²) < 4.78 is 0. The van der Waals surface area contributed by atoms with E-state index in [1.807, 2.05) is 4.90 Å². The molecule has 2 rings (SSSR count). The van der Waals surface area contributed by atoms with Crippen molar-refractivity contribution in [2.75, 3.05) is 37.6 Å². The predicted molar refractivity (Wildman–Crippen MR) is 78.6 cm³/mol. The van der Waals surface area contributed by atoms with Crippen molar-refractivity contribution in [2.45, 2.75) is 6.42 Å². The summed E-state index contributed by atoms with van der Waals surface area (Å²) in [5.41, 5.74) is -0.140. The number of benzene rings is 1. The molecule has 0 unspecified atom stereocenters. The van der Waals surface area contributed by atoms with E-state index in [1.165, 1.54) is 12.1 Å². The second-order valence-corrected chi connectivity index (χ2v) is 4.92. The number of nitro benzene ring substituents is 2. The van der Waals surface area contributed by atoms with Gasteiger partial charge in [0, 0.05) is 45.2 Å². The van der Waals surface area contributed by atoms with Crippen LogP contribution in [0.4, 0.5) is 17.1 Å². The number of nitro groups is 2. The van der Waals surface area contributed by atoms with Crippen LogP contribution in [0.1, 0.15) is 6.42 Å². The van der Waals surface area contributed by atoms with Gasteiger partial charge in [0.05, 0.1) is 22.0 Å². The summed E-state index contributed by atoms with van der Waals surface area (Å²) in [4.78, 5) is 24.6. The van der Waals surface area contributed by atoms with E-state index in [2.05, 4.69) is 11.0 Å². The van der Waals surface area contributed by atoms with Gasteiger partial charge in [0.25, 0.3) is 11.4 Å². The van der Waals surface area contributed by atoms with Crippen LogP contribution >= 0.6 is 0 Å². The minimum absolute atomic E-state index is 0.250. The molecule has 0 aromatic heterocycles. The number of anilines is 1. The highest BCUT2D eigenvalue weighted by atomic mass is 16.6. The van der Waals surface area contributed by atoms with Crippen molar-refractivity contribution in [3.05, 3.63) is 38.4 Å². The van der Waals surface area contributed by atoms with Gasteiger partial charge in [-0.2, -0.15) is 5.26 Å². The molecule has 0 N–H and O–H groups in total. The standard InChI is InChI=1S/C13H15N5O4/c14-4-1-5-15-6-8-16(9-7-15)12-3-2-11(17(19)20)10-13(12)18(21)22/h2-3,10H,1,5-9H2. The average Bonchev–Trinajstić information content (AvgIpc) is 2.52. The summed E-state index contributed by atoms with van der Waals surface area (Å²) in [6, 6.07) is 5.80. The monoisotopic (exact) mass is 305 g/mol. The van der Waals surface area contributed by atoms with E-state index in [1.54, 1.807) is 0 Å². The maximum atomic E-state index is 11.2. The van der Waals surface area contributed by atoms with Crippen LogP contribution in [0.15, 0.2) is 18.2 Å². The minimum atomic E-state index is -0.642. The zero-order valence-electron chi connectivity index (χ0n) is 11.8. The van der Waals surface area contributed by atoms with Gasteiger partial charge in [0.2, 0.25) is 0 Å². The van der Waals surface area contributed by atoms with Gasteiger partial charge in [-0.05, 0) is 6.07 Å². The van der Waals surface area contributed by atoms with Crippen LogP contribution in [0.25, 0.3) is 0 Å². The molecular formula is C13H15N5O4. The molecule has 1 heterocycles. The van der Waals surface area contributed by atoms with Gasteiger partial charge in [-0.25, -0.2) is 0 Å². The molecule has 0 spiro atoms. The Balaban J connectivity index is 2.14. The second kappa shape index (κ2) is 6.82. The quantitative estimate of drug-likeness (QED) is 0.598. The predicted octanol–water partition coefficient (Wildman–Crippen LogP) is 1.54. The molecular weight excluding hydrogens is 290 g/mol. The summed E-state index contributed by atoms with van der Waals surface area (Å²) in [7, 11) is 0. The van der Waals surface area contributed by atoms with Gasteiger partial charge >= 0.3 is 0 Å². The molecule has 0 bridgehead atoms. The normalized spacial score (nSPS) is 15.3. The zero-order valence-corrected chi connectivity index (χ0v) is 11.8. The van der Waals surface area contributed by atoms with Crippen molar-refractivity contribution in [3.63, 3.8) is 0 Å². The van der Waals surface area contributed by atoms with Crippen LogP contribution in [-0.4, -0.2) is 47.5 Å². The minimum Gasteiger partial charge on any atom is -0.363 e. The number of piperazine rings is 1. The molecule has 1 aliphatic heterocycles. The smallest absolute Gasteiger partial charge is 0.299 e. The first-order valence-electron chi connectivity index (χ1n) is 6.80. The molecule has 9 nitrogen and oxygen atoms in total. The van der Waals surface area contributed by atoms with E-state index in [0.29, 0.717) is 44.8 Å². The van der Waals surface area contributed by atoms with Crippen molar-refractivity contribution < 1.29 is 9.85 Å². The van der Waals surface area contributed by atoms with Crippen molar-refractivity contribution in [2.24, 2.45) is 0 Å². The molecule has 0 amide bonds. The molecule has 1 aromatic carbocycles. The SMILES string of the molecule is N#CCCN1CCN(c2ccc([N+](=O)[O-])cc2[N+](=O)[O-])CC1. The Labute approximate surface area is 126 Å². The molecule has 0 atom stereocenters. The Hall–Kier alpha value is -2.73. The van der Waals surface area contributed by atoms with Gasteiger partial charge in [0.1, 0.15) is 5.69 Å². The van der Waals surface area contributed by atoms with Gasteiger partial charge in [-0.3, -0.25) is 25.1 Å². The molecule has 116 valence electrons. The number of hydrogen-bond donors (Lipinski definition) is 0. The number of non-ortho nitro benzene ring substituents is 1. The first-order chi connectivity index (χ1) is 10.5. The fourth-order valence-corrected chi connectivity index (χ4v) is 2.46. The van der Waals surface area contributed by atoms with Crippen molar-refractivity contribution >= 4 is 17.1 Å². The summed E-state index contributed by atoms with van der Waals surface area (Å²) in [5, 5.41) is 30.5. The summed E-state index contributed by atoms with van der Waals surface area (Å²) in [6.45, 7) is 3.27. The van der Waals surface area contributed by atoms with E-state index in [4.69, 9.17) is 5.26 Å². The fourth-order valence-electron chi connectivity index (χ4n) is 2.46. The van der Waals surface area contributed by atoms with Gasteiger partial charge in [0.15, 0.2) is 0 Å². The fraction of sp³-hybridized carbons (Fsp3) is 0.462. The number of nitriles is 1. The lowest BCUT2D eigenvalue weighted by Crippen LogP contribution is -2.46. The lowest BCUT2D eigenvalue weighted by molar-refractivity contribution is -0.393. The van der Waals surface area contributed by atoms with Gasteiger partial charge < -0.3 is 4.90 Å². The van der Waals surface area contributed by atoms with E-state index < -0.39 is 9.85 Å². The summed E-state index contributed by atoms with van der Waals surface area (Å²) in [5.74, 6) is 0. The van der Waals surface area contributed by atoms with Crippen LogP contribution in [-0.2, 0) is 0 Å². The van der Waals surface area contributed by atoms with Gasteiger partial charge in [-0.15, -0.1) is 0 Å². The molecule has 22 heavy (non-hydrogen) atoms. The Morgan fingerprint density at radius 2 is 1.82 bits per heavy atom. The molecule has 0 saturated carbocycles. The Kier molecular flexibility index (Phi) is 4.85. The van der Waals surface area contributed by atoms with E-state index in [0.717, 1.165) is 6.07 Å². The lowest BCUT2D eigenvalue weighted by Gasteiger charge is -2.35. The molecule has 0 radical (unpaired) electrons. The van der Waals surface area contributed by atoms with Crippen molar-refractivity contribution in [1.82, 2.24) is 4.90 Å². The molecule has 1 fully saturated rings. The topological polar surface area (TPSA) is 117 Å². The van der Waals surface area contributed by atoms with Crippen LogP contribution in [0.5, 0.6) is 0 Å². The highest BCUT2D eigenvalue weighted by Gasteiger charge is 2.26. The highest BCUT2D eigenvalue weighted by molar-refractivity contribution is 5.67. The Morgan fingerprint density at radius 1 is 1.14 bits per heavy atom. The molecule has 1 aliphatic rings. The first kappa shape index (κ1) is 15.7. The first-order valence-corrected chi connectivity index (χ1v) is 6.80. The van der Waals surface area contributed by atoms with Crippen LogP contribution in [0.3, 0.4) is 0 Å². The van der Waals surface area contributed by atoms with E-state index >= 15 is 0 Å². The maximum Gasteiger partial charge on any atom is 0.299 e. The number of nitrogens with zero attached hydrogens (tertiary/aromatic N) is 5.